The Morgan fingerprint density at radius 1 is 1.50 bits per heavy atom. The number of hydrogen-bond acceptors (Lipinski definition) is 3. The van der Waals surface area contributed by atoms with Crippen molar-refractivity contribution in [3.63, 3.8) is 0 Å². The molecule has 1 aromatic carbocycles. The molecule has 1 N–H and O–H groups in total. The van der Waals surface area contributed by atoms with Gasteiger partial charge in [-0.15, -0.1) is 0 Å². The first-order chi connectivity index (χ1) is 7.66. The number of oxazole rings is 1. The summed E-state index contributed by atoms with van der Waals surface area (Å²) in [5.41, 5.74) is 1.28. The molecule has 0 radical (unpaired) electrons. The molecular weight excluding hydrogens is 272 g/mol. The van der Waals surface area contributed by atoms with E-state index in [-0.39, 0.29) is 11.7 Å². The predicted octanol–water partition coefficient (Wildman–Crippen LogP) is 3.00. The van der Waals surface area contributed by atoms with Gasteiger partial charge in [-0.2, -0.15) is 0 Å². The Bertz CT molecular complexity index is 522. The van der Waals surface area contributed by atoms with Gasteiger partial charge in [-0.3, -0.25) is 4.79 Å². The van der Waals surface area contributed by atoms with E-state index in [4.69, 9.17) is 4.42 Å². The van der Waals surface area contributed by atoms with Crippen molar-refractivity contribution in [1.82, 2.24) is 4.98 Å². The third-order valence-electron chi connectivity index (χ3n) is 2.03. The van der Waals surface area contributed by atoms with Crippen molar-refractivity contribution < 1.29 is 9.21 Å². The van der Waals surface area contributed by atoms with Crippen LogP contribution in [-0.2, 0) is 0 Å². The van der Waals surface area contributed by atoms with Crippen LogP contribution in [0.4, 0.5) is 5.69 Å². The van der Waals surface area contributed by atoms with E-state index in [1.54, 1.807) is 13.0 Å². The third kappa shape index (κ3) is 2.30. The normalized spacial score (nSPS) is 10.1. The number of nitrogens with one attached hydrogen (secondary N) is 1. The highest BCUT2D eigenvalue weighted by atomic mass is 79.9. The first kappa shape index (κ1) is 10.9. The number of anilines is 1. The monoisotopic (exact) mass is 280 g/mol. The zero-order chi connectivity index (χ0) is 11.5. The van der Waals surface area contributed by atoms with Gasteiger partial charge in [0.25, 0.3) is 5.91 Å². The molecule has 0 saturated carbocycles. The number of halogens is 1. The molecule has 0 aliphatic rings. The van der Waals surface area contributed by atoms with E-state index in [1.165, 1.54) is 6.39 Å². The maximum atomic E-state index is 11.7. The molecule has 82 valence electrons. The summed E-state index contributed by atoms with van der Waals surface area (Å²) >= 11 is 3.33. The molecule has 0 aliphatic heterocycles. The number of hydrogen-bond donors (Lipinski definition) is 1. The van der Waals surface area contributed by atoms with Gasteiger partial charge in [0, 0.05) is 10.2 Å². The minimum absolute atomic E-state index is 0.236. The van der Waals surface area contributed by atoms with Gasteiger partial charge in [0.2, 0.25) is 5.76 Å². The minimum atomic E-state index is -0.298. The van der Waals surface area contributed by atoms with E-state index in [0.29, 0.717) is 11.4 Å². The van der Waals surface area contributed by atoms with Crippen LogP contribution in [0.15, 0.2) is 39.5 Å². The lowest BCUT2D eigenvalue weighted by Crippen LogP contribution is -2.12. The topological polar surface area (TPSA) is 55.1 Å². The van der Waals surface area contributed by atoms with Crippen LogP contribution in [0.2, 0.25) is 0 Å². The second-order valence-electron chi connectivity index (χ2n) is 3.23. The van der Waals surface area contributed by atoms with Crippen molar-refractivity contribution in [3.8, 4) is 0 Å². The molecular formula is C11H9BrN2O2. The molecule has 0 fully saturated rings. The summed E-state index contributed by atoms with van der Waals surface area (Å²) < 4.78 is 5.90. The van der Waals surface area contributed by atoms with Gasteiger partial charge in [-0.1, -0.05) is 22.0 Å². The molecule has 0 unspecified atom stereocenters. The zero-order valence-electron chi connectivity index (χ0n) is 8.53. The van der Waals surface area contributed by atoms with Crippen LogP contribution in [0, 0.1) is 6.92 Å². The van der Waals surface area contributed by atoms with Gasteiger partial charge >= 0.3 is 0 Å². The molecule has 1 aromatic heterocycles. The smallest absolute Gasteiger partial charge is 0.293 e. The second kappa shape index (κ2) is 4.49. The fraction of sp³-hybridized carbons (Fsp3) is 0.0909. The number of carbonyl (C=O) groups excluding carboxylic acids is 1. The van der Waals surface area contributed by atoms with Crippen LogP contribution in [-0.4, -0.2) is 10.9 Å². The molecule has 1 heterocycles. The quantitative estimate of drug-likeness (QED) is 0.920. The Hall–Kier alpha value is -1.62. The van der Waals surface area contributed by atoms with Crippen molar-refractivity contribution in [3.05, 3.63) is 46.6 Å². The summed E-state index contributed by atoms with van der Waals surface area (Å²) in [6.45, 7) is 1.72. The van der Waals surface area contributed by atoms with E-state index < -0.39 is 0 Å². The maximum Gasteiger partial charge on any atom is 0.293 e. The molecule has 1 amide bonds. The summed E-state index contributed by atoms with van der Waals surface area (Å²) in [5.74, 6) is -0.0620. The average molecular weight is 281 g/mol. The SMILES string of the molecule is Cc1ncoc1C(=O)Nc1cccc(Br)c1. The first-order valence-corrected chi connectivity index (χ1v) is 5.43. The van der Waals surface area contributed by atoms with Gasteiger partial charge in [0.05, 0.1) is 5.69 Å². The van der Waals surface area contributed by atoms with Crippen LogP contribution < -0.4 is 5.32 Å². The van der Waals surface area contributed by atoms with E-state index >= 15 is 0 Å². The lowest BCUT2D eigenvalue weighted by atomic mass is 10.3. The second-order valence-corrected chi connectivity index (χ2v) is 4.15. The predicted molar refractivity (Wildman–Crippen MR) is 63.3 cm³/mol. The standard InChI is InChI=1S/C11H9BrN2O2/c1-7-10(16-6-13-7)11(15)14-9-4-2-3-8(12)5-9/h2-6H,1H3,(H,14,15). The molecule has 0 saturated heterocycles. The molecule has 0 atom stereocenters. The largest absolute Gasteiger partial charge is 0.438 e. The molecule has 0 spiro atoms. The third-order valence-corrected chi connectivity index (χ3v) is 2.53. The number of carbonyl (C=O) groups is 1. The summed E-state index contributed by atoms with van der Waals surface area (Å²) in [6.07, 6.45) is 1.26. The van der Waals surface area contributed by atoms with E-state index in [1.807, 2.05) is 18.2 Å². The number of rotatable bonds is 2. The minimum Gasteiger partial charge on any atom is -0.438 e. The Morgan fingerprint density at radius 3 is 2.94 bits per heavy atom. The summed E-state index contributed by atoms with van der Waals surface area (Å²) in [7, 11) is 0. The highest BCUT2D eigenvalue weighted by Crippen LogP contribution is 2.17. The highest BCUT2D eigenvalue weighted by molar-refractivity contribution is 9.10. The van der Waals surface area contributed by atoms with Gasteiger partial charge in [0.1, 0.15) is 0 Å². The van der Waals surface area contributed by atoms with Crippen LogP contribution in [0.5, 0.6) is 0 Å². The van der Waals surface area contributed by atoms with Crippen molar-refractivity contribution in [2.24, 2.45) is 0 Å². The van der Waals surface area contributed by atoms with Crippen molar-refractivity contribution in [2.45, 2.75) is 6.92 Å². The molecule has 0 bridgehead atoms. The van der Waals surface area contributed by atoms with Crippen LogP contribution in [0.25, 0.3) is 0 Å². The average Bonchev–Trinajstić information content (AvgIpc) is 2.64. The summed E-state index contributed by atoms with van der Waals surface area (Å²) in [6, 6.07) is 7.33. The molecule has 2 aromatic rings. The number of nitrogens with zero attached hydrogens (tertiary/aromatic N) is 1. The Kier molecular flexibility index (Phi) is 3.05. The number of amides is 1. The lowest BCUT2D eigenvalue weighted by Gasteiger charge is -2.03. The van der Waals surface area contributed by atoms with E-state index in [9.17, 15) is 4.79 Å². The Balaban J connectivity index is 2.17. The molecule has 4 nitrogen and oxygen atoms in total. The zero-order valence-corrected chi connectivity index (χ0v) is 10.1. The lowest BCUT2D eigenvalue weighted by molar-refractivity contribution is 0.0996. The summed E-state index contributed by atoms with van der Waals surface area (Å²) in [5, 5.41) is 2.72. The molecule has 5 heteroatoms. The van der Waals surface area contributed by atoms with Crippen molar-refractivity contribution in [2.75, 3.05) is 5.32 Å². The fourth-order valence-electron chi connectivity index (χ4n) is 1.27. The summed E-state index contributed by atoms with van der Waals surface area (Å²) in [4.78, 5) is 15.6. The van der Waals surface area contributed by atoms with Gasteiger partial charge in [-0.25, -0.2) is 4.98 Å². The van der Waals surface area contributed by atoms with E-state index in [0.717, 1.165) is 4.47 Å². The van der Waals surface area contributed by atoms with Crippen LogP contribution >= 0.6 is 15.9 Å². The Labute approximate surface area is 101 Å². The maximum absolute atomic E-state index is 11.7. The number of benzene rings is 1. The van der Waals surface area contributed by atoms with Gasteiger partial charge in [0.15, 0.2) is 6.39 Å². The van der Waals surface area contributed by atoms with Gasteiger partial charge in [-0.05, 0) is 25.1 Å². The first-order valence-electron chi connectivity index (χ1n) is 4.64. The van der Waals surface area contributed by atoms with Crippen LogP contribution in [0.1, 0.15) is 16.2 Å². The van der Waals surface area contributed by atoms with Gasteiger partial charge < -0.3 is 9.73 Å². The van der Waals surface area contributed by atoms with Crippen LogP contribution in [0.3, 0.4) is 0 Å². The number of aryl methyl sites for hydroxylation is 1. The Morgan fingerprint density at radius 2 is 2.31 bits per heavy atom. The molecule has 0 aliphatic carbocycles. The molecule has 2 rings (SSSR count). The fourth-order valence-corrected chi connectivity index (χ4v) is 1.67. The molecule has 16 heavy (non-hydrogen) atoms. The van der Waals surface area contributed by atoms with Crippen molar-refractivity contribution in [1.29, 1.82) is 0 Å². The van der Waals surface area contributed by atoms with E-state index in [2.05, 4.69) is 26.2 Å². The number of aromatic nitrogens is 1. The van der Waals surface area contributed by atoms with Crippen molar-refractivity contribution >= 4 is 27.5 Å². The highest BCUT2D eigenvalue weighted by Gasteiger charge is 2.13.